The largest absolute Gasteiger partial charge is 0.378 e. The number of pyridine rings is 1. The number of thiocarbonyl (C=S) groups is 1. The van der Waals surface area contributed by atoms with Gasteiger partial charge in [-0.05, 0) is 37.5 Å². The first-order valence-electron chi connectivity index (χ1n) is 10.7. The van der Waals surface area contributed by atoms with Crippen LogP contribution in [0.2, 0.25) is 0 Å². The number of ether oxygens (including phenoxy) is 2. The zero-order valence-corrected chi connectivity index (χ0v) is 19.4. The first-order valence-corrected chi connectivity index (χ1v) is 12.0. The molecule has 2 aromatic heterocycles. The second-order valence-corrected chi connectivity index (χ2v) is 9.79. The lowest BCUT2D eigenvalue weighted by atomic mass is 10.2. The van der Waals surface area contributed by atoms with Gasteiger partial charge in [-0.3, -0.25) is 18.9 Å². The molecular formula is C22H24N4O4S2. The number of carbonyl (C=O) groups excluding carboxylic acids is 1. The van der Waals surface area contributed by atoms with Crippen molar-refractivity contribution in [2.45, 2.75) is 25.9 Å². The Labute approximate surface area is 195 Å². The Balaban J connectivity index is 1.57. The summed E-state index contributed by atoms with van der Waals surface area (Å²) in [5.74, 6) is 0.392. The predicted molar refractivity (Wildman–Crippen MR) is 128 cm³/mol. The van der Waals surface area contributed by atoms with E-state index >= 15 is 0 Å². The number of rotatable bonds is 4. The van der Waals surface area contributed by atoms with Crippen molar-refractivity contribution in [1.82, 2.24) is 14.3 Å². The average molecular weight is 473 g/mol. The van der Waals surface area contributed by atoms with Crippen molar-refractivity contribution in [2.24, 2.45) is 0 Å². The summed E-state index contributed by atoms with van der Waals surface area (Å²) < 4.78 is 13.2. The monoisotopic (exact) mass is 472 g/mol. The van der Waals surface area contributed by atoms with Gasteiger partial charge in [0.1, 0.15) is 15.8 Å². The van der Waals surface area contributed by atoms with Crippen LogP contribution in [0.4, 0.5) is 5.82 Å². The molecule has 3 saturated heterocycles. The van der Waals surface area contributed by atoms with Crippen molar-refractivity contribution >= 4 is 51.7 Å². The second kappa shape index (κ2) is 8.93. The standard InChI is InChI=1S/C22H24N4O4S2/c1-14-4-5-18-23-19(24-6-9-29-10-7-24)16(20(27)25(18)12-14)11-17-21(28)26(22(31)32-17)13-15-3-2-8-30-15/h4-5,11-12,15H,2-3,6-10,13H2,1H3. The lowest BCUT2D eigenvalue weighted by Crippen LogP contribution is -2.38. The molecule has 0 aromatic carbocycles. The second-order valence-electron chi connectivity index (χ2n) is 8.12. The quantitative estimate of drug-likeness (QED) is 0.495. The fraction of sp³-hybridized carbons (Fsp3) is 0.455. The van der Waals surface area contributed by atoms with E-state index in [2.05, 4.69) is 0 Å². The van der Waals surface area contributed by atoms with Gasteiger partial charge in [-0.25, -0.2) is 4.98 Å². The molecule has 8 nitrogen and oxygen atoms in total. The van der Waals surface area contributed by atoms with E-state index in [1.807, 2.05) is 24.0 Å². The molecule has 5 rings (SSSR count). The summed E-state index contributed by atoms with van der Waals surface area (Å²) in [7, 11) is 0. The summed E-state index contributed by atoms with van der Waals surface area (Å²) in [6, 6.07) is 3.77. The molecule has 0 spiro atoms. The van der Waals surface area contributed by atoms with Crippen LogP contribution in [-0.2, 0) is 14.3 Å². The smallest absolute Gasteiger partial charge is 0.267 e. The number of thioether (sulfide) groups is 1. The van der Waals surface area contributed by atoms with Crippen LogP contribution in [0, 0.1) is 6.92 Å². The van der Waals surface area contributed by atoms with Crippen LogP contribution in [0.3, 0.4) is 0 Å². The van der Waals surface area contributed by atoms with Crippen molar-refractivity contribution in [3.05, 3.63) is 44.7 Å². The number of fused-ring (bicyclic) bond motifs is 1. The molecule has 5 heterocycles. The maximum Gasteiger partial charge on any atom is 0.267 e. The van der Waals surface area contributed by atoms with Crippen LogP contribution in [0.1, 0.15) is 24.0 Å². The molecule has 168 valence electrons. The summed E-state index contributed by atoms with van der Waals surface area (Å²) in [5.41, 5.74) is 1.72. The van der Waals surface area contributed by atoms with Gasteiger partial charge >= 0.3 is 0 Å². The highest BCUT2D eigenvalue weighted by atomic mass is 32.2. The average Bonchev–Trinajstić information content (AvgIpc) is 3.40. The van der Waals surface area contributed by atoms with Crippen LogP contribution in [0.15, 0.2) is 28.0 Å². The molecule has 1 amide bonds. The molecule has 3 aliphatic rings. The van der Waals surface area contributed by atoms with Gasteiger partial charge in [0.2, 0.25) is 0 Å². The highest BCUT2D eigenvalue weighted by Crippen LogP contribution is 2.34. The van der Waals surface area contributed by atoms with Crippen LogP contribution in [0.5, 0.6) is 0 Å². The van der Waals surface area contributed by atoms with Gasteiger partial charge in [-0.15, -0.1) is 0 Å². The topological polar surface area (TPSA) is 76.4 Å². The van der Waals surface area contributed by atoms with Gasteiger partial charge in [-0.2, -0.15) is 0 Å². The third-order valence-electron chi connectivity index (χ3n) is 5.86. The molecule has 3 aliphatic heterocycles. The van der Waals surface area contributed by atoms with Crippen LogP contribution in [0.25, 0.3) is 11.7 Å². The number of anilines is 1. The normalized spacial score (nSPS) is 23.2. The van der Waals surface area contributed by atoms with Gasteiger partial charge in [0, 0.05) is 25.9 Å². The minimum absolute atomic E-state index is 0.0108. The molecular weight excluding hydrogens is 448 g/mol. The third-order valence-corrected chi connectivity index (χ3v) is 7.23. The fourth-order valence-corrected chi connectivity index (χ4v) is 5.43. The highest BCUT2D eigenvalue weighted by Gasteiger charge is 2.35. The Morgan fingerprint density at radius 2 is 2.06 bits per heavy atom. The lowest BCUT2D eigenvalue weighted by Gasteiger charge is -2.29. The number of aryl methyl sites for hydroxylation is 1. The third kappa shape index (κ3) is 4.07. The van der Waals surface area contributed by atoms with Crippen LogP contribution >= 0.6 is 24.0 Å². The lowest BCUT2D eigenvalue weighted by molar-refractivity contribution is -0.123. The van der Waals surface area contributed by atoms with Crippen molar-refractivity contribution in [3.63, 3.8) is 0 Å². The molecule has 2 aromatic rings. The summed E-state index contributed by atoms with van der Waals surface area (Å²) in [6.45, 7) is 5.50. The molecule has 0 radical (unpaired) electrons. The van der Waals surface area contributed by atoms with Gasteiger partial charge in [-0.1, -0.05) is 30.0 Å². The Bertz CT molecular complexity index is 1170. The molecule has 0 aliphatic carbocycles. The molecule has 0 bridgehead atoms. The number of nitrogens with zero attached hydrogens (tertiary/aromatic N) is 4. The maximum atomic E-state index is 13.5. The molecule has 32 heavy (non-hydrogen) atoms. The minimum atomic E-state index is -0.204. The van der Waals surface area contributed by atoms with E-state index in [1.54, 1.807) is 17.2 Å². The van der Waals surface area contributed by atoms with E-state index in [0.717, 1.165) is 25.0 Å². The molecule has 3 fully saturated rings. The van der Waals surface area contributed by atoms with Gasteiger partial charge in [0.25, 0.3) is 11.5 Å². The van der Waals surface area contributed by atoms with E-state index in [9.17, 15) is 9.59 Å². The van der Waals surface area contributed by atoms with Crippen LogP contribution in [-0.4, -0.2) is 70.1 Å². The number of hydrogen-bond donors (Lipinski definition) is 0. The summed E-state index contributed by atoms with van der Waals surface area (Å²) in [5, 5.41) is 0. The number of aromatic nitrogens is 2. The van der Waals surface area contributed by atoms with Crippen molar-refractivity contribution in [1.29, 1.82) is 0 Å². The van der Waals surface area contributed by atoms with Crippen molar-refractivity contribution in [3.8, 4) is 0 Å². The van der Waals surface area contributed by atoms with Crippen LogP contribution < -0.4 is 10.5 Å². The first kappa shape index (κ1) is 21.6. The predicted octanol–water partition coefficient (Wildman–Crippen LogP) is 2.22. The molecule has 0 N–H and O–H groups in total. The molecule has 10 heteroatoms. The van der Waals surface area contributed by atoms with E-state index in [0.29, 0.717) is 59.1 Å². The van der Waals surface area contributed by atoms with Crippen molar-refractivity contribution < 1.29 is 14.3 Å². The first-order chi connectivity index (χ1) is 15.5. The number of carbonyl (C=O) groups is 1. The van der Waals surface area contributed by atoms with E-state index in [1.165, 1.54) is 16.2 Å². The van der Waals surface area contributed by atoms with E-state index in [4.69, 9.17) is 26.7 Å². The van der Waals surface area contributed by atoms with E-state index < -0.39 is 0 Å². The Hall–Kier alpha value is -2.27. The Morgan fingerprint density at radius 1 is 1.25 bits per heavy atom. The Kier molecular flexibility index (Phi) is 6.02. The zero-order chi connectivity index (χ0) is 22.2. The molecule has 1 atom stereocenters. The maximum absolute atomic E-state index is 13.5. The zero-order valence-electron chi connectivity index (χ0n) is 17.8. The van der Waals surface area contributed by atoms with E-state index in [-0.39, 0.29) is 17.6 Å². The Morgan fingerprint density at radius 3 is 2.81 bits per heavy atom. The number of hydrogen-bond acceptors (Lipinski definition) is 8. The number of amides is 1. The summed E-state index contributed by atoms with van der Waals surface area (Å²) in [6.07, 6.45) is 5.36. The SMILES string of the molecule is Cc1ccc2nc(N3CCOCC3)c(C=C3SC(=S)N(CC4CCCO4)C3=O)c(=O)n2c1. The van der Waals surface area contributed by atoms with Gasteiger partial charge in [0.15, 0.2) is 0 Å². The highest BCUT2D eigenvalue weighted by molar-refractivity contribution is 8.26. The van der Waals surface area contributed by atoms with Gasteiger partial charge in [0.05, 0.1) is 36.3 Å². The summed E-state index contributed by atoms with van der Waals surface area (Å²) in [4.78, 5) is 35.5. The number of morpholine rings is 1. The molecule has 1 unspecified atom stereocenters. The molecule has 0 saturated carbocycles. The van der Waals surface area contributed by atoms with Crippen molar-refractivity contribution in [2.75, 3.05) is 44.4 Å². The minimum Gasteiger partial charge on any atom is -0.378 e. The summed E-state index contributed by atoms with van der Waals surface area (Å²) >= 11 is 6.70. The van der Waals surface area contributed by atoms with Gasteiger partial charge < -0.3 is 14.4 Å². The fourth-order valence-electron chi connectivity index (χ4n) is 4.17.